The molecular formula is C17H15N3O3. The van der Waals surface area contributed by atoms with Gasteiger partial charge in [0.15, 0.2) is 6.61 Å². The Kier molecular flexibility index (Phi) is 4.33. The van der Waals surface area contributed by atoms with Gasteiger partial charge in [-0.3, -0.25) is 4.79 Å². The molecule has 116 valence electrons. The molecule has 0 aliphatic heterocycles. The molecule has 0 bridgehead atoms. The van der Waals surface area contributed by atoms with Crippen LogP contribution in [-0.2, 0) is 11.4 Å². The summed E-state index contributed by atoms with van der Waals surface area (Å²) in [6.07, 6.45) is 0. The largest absolute Gasteiger partial charge is 0.482 e. The lowest BCUT2D eigenvalue weighted by Crippen LogP contribution is -2.07. The smallest absolute Gasteiger partial charge is 0.254 e. The van der Waals surface area contributed by atoms with E-state index in [0.717, 1.165) is 5.56 Å². The van der Waals surface area contributed by atoms with Gasteiger partial charge in [0.2, 0.25) is 11.8 Å². The summed E-state index contributed by atoms with van der Waals surface area (Å²) < 4.78 is 11.2. The second kappa shape index (κ2) is 6.74. The highest BCUT2D eigenvalue weighted by Gasteiger charge is 2.10. The molecule has 3 aromatic rings. The quantitative estimate of drug-likeness (QED) is 0.782. The van der Waals surface area contributed by atoms with E-state index in [1.54, 1.807) is 12.1 Å². The summed E-state index contributed by atoms with van der Waals surface area (Å²) in [6, 6.07) is 16.7. The van der Waals surface area contributed by atoms with Crippen LogP contribution in [0.15, 0.2) is 59.0 Å². The molecule has 6 heteroatoms. The highest BCUT2D eigenvalue weighted by molar-refractivity contribution is 5.90. The Hall–Kier alpha value is -3.15. The standard InChI is InChI=1S/C17H15N3O3/c1-12(21)18-14-9-5-6-10-15(14)22-11-16-19-20-17(23-16)13-7-3-2-4-8-13/h2-10H,11H2,1H3,(H,18,21). The zero-order valence-corrected chi connectivity index (χ0v) is 12.5. The molecule has 1 N–H and O–H groups in total. The highest BCUT2D eigenvalue weighted by atomic mass is 16.5. The number of benzene rings is 2. The normalized spacial score (nSPS) is 10.3. The van der Waals surface area contributed by atoms with Crippen LogP contribution >= 0.6 is 0 Å². The zero-order chi connectivity index (χ0) is 16.1. The summed E-state index contributed by atoms with van der Waals surface area (Å²) in [5.41, 5.74) is 1.45. The van der Waals surface area contributed by atoms with Gasteiger partial charge < -0.3 is 14.5 Å². The molecule has 0 fully saturated rings. The molecule has 2 aromatic carbocycles. The van der Waals surface area contributed by atoms with Crippen molar-refractivity contribution in [1.82, 2.24) is 10.2 Å². The summed E-state index contributed by atoms with van der Waals surface area (Å²) in [5, 5.41) is 10.7. The predicted octanol–water partition coefficient (Wildman–Crippen LogP) is 3.27. The summed E-state index contributed by atoms with van der Waals surface area (Å²) in [6.45, 7) is 1.57. The number of hydrogen-bond donors (Lipinski definition) is 1. The van der Waals surface area contributed by atoms with Gasteiger partial charge in [-0.05, 0) is 24.3 Å². The molecule has 3 rings (SSSR count). The number of hydrogen-bond acceptors (Lipinski definition) is 5. The molecule has 1 aromatic heterocycles. The summed E-state index contributed by atoms with van der Waals surface area (Å²) in [5.74, 6) is 1.19. The van der Waals surface area contributed by atoms with Crippen LogP contribution in [0.4, 0.5) is 5.69 Å². The lowest BCUT2D eigenvalue weighted by atomic mass is 10.2. The van der Waals surface area contributed by atoms with Gasteiger partial charge in [0.25, 0.3) is 5.89 Å². The second-order valence-corrected chi connectivity index (χ2v) is 4.83. The molecule has 1 amide bonds. The lowest BCUT2D eigenvalue weighted by Gasteiger charge is -2.09. The number of anilines is 1. The number of carbonyl (C=O) groups is 1. The third-order valence-corrected chi connectivity index (χ3v) is 3.04. The molecular weight excluding hydrogens is 294 g/mol. The number of rotatable bonds is 5. The minimum atomic E-state index is -0.162. The Morgan fingerprint density at radius 3 is 2.61 bits per heavy atom. The van der Waals surface area contributed by atoms with Gasteiger partial charge in [-0.1, -0.05) is 30.3 Å². The molecule has 0 spiro atoms. The summed E-state index contributed by atoms with van der Waals surface area (Å²) in [4.78, 5) is 11.2. The Bertz CT molecular complexity index is 800. The van der Waals surface area contributed by atoms with E-state index in [1.165, 1.54) is 6.92 Å². The number of nitrogens with one attached hydrogen (secondary N) is 1. The van der Waals surface area contributed by atoms with Gasteiger partial charge in [-0.2, -0.15) is 0 Å². The maximum absolute atomic E-state index is 11.2. The van der Waals surface area contributed by atoms with Gasteiger partial charge in [0, 0.05) is 12.5 Å². The van der Waals surface area contributed by atoms with Crippen LogP contribution in [0.5, 0.6) is 5.75 Å². The van der Waals surface area contributed by atoms with E-state index >= 15 is 0 Å². The number of carbonyl (C=O) groups excluding carboxylic acids is 1. The van der Waals surface area contributed by atoms with Crippen molar-refractivity contribution >= 4 is 11.6 Å². The molecule has 0 saturated carbocycles. The van der Waals surface area contributed by atoms with Gasteiger partial charge in [-0.25, -0.2) is 0 Å². The first-order valence-electron chi connectivity index (χ1n) is 7.09. The second-order valence-electron chi connectivity index (χ2n) is 4.83. The first-order chi connectivity index (χ1) is 11.2. The SMILES string of the molecule is CC(=O)Nc1ccccc1OCc1nnc(-c2ccccc2)o1. The third-order valence-electron chi connectivity index (χ3n) is 3.04. The number of para-hydroxylation sites is 2. The van der Waals surface area contributed by atoms with Crippen molar-refractivity contribution in [1.29, 1.82) is 0 Å². The van der Waals surface area contributed by atoms with E-state index in [4.69, 9.17) is 9.15 Å². The van der Waals surface area contributed by atoms with Crippen molar-refractivity contribution in [2.75, 3.05) is 5.32 Å². The van der Waals surface area contributed by atoms with Gasteiger partial charge in [-0.15, -0.1) is 10.2 Å². The van der Waals surface area contributed by atoms with Crippen LogP contribution in [0.25, 0.3) is 11.5 Å². The van der Waals surface area contributed by atoms with Crippen molar-refractivity contribution in [3.63, 3.8) is 0 Å². The van der Waals surface area contributed by atoms with E-state index in [9.17, 15) is 4.79 Å². The van der Waals surface area contributed by atoms with Crippen LogP contribution < -0.4 is 10.1 Å². The van der Waals surface area contributed by atoms with E-state index in [-0.39, 0.29) is 12.5 Å². The first kappa shape index (κ1) is 14.8. The fraction of sp³-hybridized carbons (Fsp3) is 0.118. The molecule has 0 atom stereocenters. The van der Waals surface area contributed by atoms with Gasteiger partial charge >= 0.3 is 0 Å². The van der Waals surface area contributed by atoms with Crippen molar-refractivity contribution in [3.05, 3.63) is 60.5 Å². The van der Waals surface area contributed by atoms with Crippen LogP contribution in [0.1, 0.15) is 12.8 Å². The van der Waals surface area contributed by atoms with Crippen LogP contribution in [-0.4, -0.2) is 16.1 Å². The Morgan fingerprint density at radius 1 is 1.09 bits per heavy atom. The fourth-order valence-corrected chi connectivity index (χ4v) is 2.03. The highest BCUT2D eigenvalue weighted by Crippen LogP contribution is 2.25. The fourth-order valence-electron chi connectivity index (χ4n) is 2.03. The minimum Gasteiger partial charge on any atom is -0.482 e. The van der Waals surface area contributed by atoms with Crippen LogP contribution in [0, 0.1) is 0 Å². The Labute approximate surface area is 133 Å². The first-order valence-corrected chi connectivity index (χ1v) is 7.09. The van der Waals surface area contributed by atoms with Crippen LogP contribution in [0.3, 0.4) is 0 Å². The van der Waals surface area contributed by atoms with Crippen molar-refractivity contribution in [2.24, 2.45) is 0 Å². The molecule has 0 unspecified atom stereocenters. The number of aromatic nitrogens is 2. The number of ether oxygens (including phenoxy) is 1. The van der Waals surface area contributed by atoms with Gasteiger partial charge in [0.05, 0.1) is 5.69 Å². The van der Waals surface area contributed by atoms with Crippen molar-refractivity contribution < 1.29 is 13.9 Å². The minimum absolute atomic E-state index is 0.121. The van der Waals surface area contributed by atoms with E-state index in [0.29, 0.717) is 23.2 Å². The van der Waals surface area contributed by atoms with Crippen molar-refractivity contribution in [3.8, 4) is 17.2 Å². The molecule has 1 heterocycles. The zero-order valence-electron chi connectivity index (χ0n) is 12.5. The maximum atomic E-state index is 11.2. The molecule has 0 radical (unpaired) electrons. The van der Waals surface area contributed by atoms with Gasteiger partial charge in [0.1, 0.15) is 5.75 Å². The molecule has 0 saturated heterocycles. The molecule has 23 heavy (non-hydrogen) atoms. The Balaban J connectivity index is 1.70. The number of amides is 1. The predicted molar refractivity (Wildman–Crippen MR) is 84.8 cm³/mol. The average Bonchev–Trinajstić information content (AvgIpc) is 3.03. The van der Waals surface area contributed by atoms with E-state index in [1.807, 2.05) is 42.5 Å². The maximum Gasteiger partial charge on any atom is 0.254 e. The third kappa shape index (κ3) is 3.74. The summed E-state index contributed by atoms with van der Waals surface area (Å²) in [7, 11) is 0. The number of nitrogens with zero attached hydrogens (tertiary/aromatic N) is 2. The molecule has 0 aliphatic carbocycles. The lowest BCUT2D eigenvalue weighted by molar-refractivity contribution is -0.114. The summed E-state index contributed by atoms with van der Waals surface area (Å²) >= 11 is 0. The van der Waals surface area contributed by atoms with Crippen LogP contribution in [0.2, 0.25) is 0 Å². The average molecular weight is 309 g/mol. The Morgan fingerprint density at radius 2 is 1.83 bits per heavy atom. The van der Waals surface area contributed by atoms with E-state index in [2.05, 4.69) is 15.5 Å². The topological polar surface area (TPSA) is 77.2 Å². The van der Waals surface area contributed by atoms with Crippen molar-refractivity contribution in [2.45, 2.75) is 13.5 Å². The molecule has 0 aliphatic rings. The molecule has 6 nitrogen and oxygen atoms in total. The van der Waals surface area contributed by atoms with E-state index < -0.39 is 0 Å². The monoisotopic (exact) mass is 309 g/mol.